The summed E-state index contributed by atoms with van der Waals surface area (Å²) in [5.41, 5.74) is 4.33. The first-order chi connectivity index (χ1) is 17.0. The predicted octanol–water partition coefficient (Wildman–Crippen LogP) is 4.64. The Hall–Kier alpha value is -4.51. The Bertz CT molecular complexity index is 1780. The number of methoxy groups -OCH3 is 2. The molecule has 0 fully saturated rings. The van der Waals surface area contributed by atoms with E-state index in [4.69, 9.17) is 14.7 Å². The van der Waals surface area contributed by atoms with Gasteiger partial charge in [-0.05, 0) is 42.8 Å². The Balaban J connectivity index is 1.92. The third kappa shape index (κ3) is 2.72. The van der Waals surface area contributed by atoms with Crippen molar-refractivity contribution in [2.45, 2.75) is 19.4 Å². The fourth-order valence-corrected chi connectivity index (χ4v) is 5.52. The molecule has 0 unspecified atom stereocenters. The monoisotopic (exact) mass is 466 g/mol. The number of imide groups is 1. The standard InChI is InChI=1S/C27H22N4O4/c1-30-18-8-6-14(34-2)12-16(18)20-22-23(27(33)29-26(22)32)21-17-13-15(35-3)7-9-19(17)31(11-5-4-10-28)25(21)24(20)30/h6-9,12-13H,4-5,11H2,1-3H3,(H,29,32,33). The van der Waals surface area contributed by atoms with Crippen LogP contribution in [0.3, 0.4) is 0 Å². The highest BCUT2D eigenvalue weighted by Gasteiger charge is 2.36. The van der Waals surface area contributed by atoms with Crippen LogP contribution in [0.25, 0.3) is 43.6 Å². The van der Waals surface area contributed by atoms with Gasteiger partial charge in [0.25, 0.3) is 11.8 Å². The minimum absolute atomic E-state index is 0.380. The van der Waals surface area contributed by atoms with E-state index in [9.17, 15) is 9.59 Å². The van der Waals surface area contributed by atoms with Gasteiger partial charge in [0.2, 0.25) is 0 Å². The fraction of sp³-hybridized carbons (Fsp3) is 0.222. The lowest BCUT2D eigenvalue weighted by Crippen LogP contribution is -2.20. The van der Waals surface area contributed by atoms with Crippen molar-refractivity contribution in [2.75, 3.05) is 14.2 Å². The van der Waals surface area contributed by atoms with Crippen LogP contribution in [0.2, 0.25) is 0 Å². The van der Waals surface area contributed by atoms with Crippen LogP contribution in [0, 0.1) is 11.3 Å². The molecule has 0 bridgehead atoms. The average Bonchev–Trinajstić information content (AvgIpc) is 3.45. The molecule has 3 aromatic carbocycles. The first kappa shape index (κ1) is 21.1. The van der Waals surface area contributed by atoms with Crippen LogP contribution in [0.4, 0.5) is 0 Å². The van der Waals surface area contributed by atoms with Crippen molar-refractivity contribution in [1.82, 2.24) is 14.5 Å². The third-order valence-corrected chi connectivity index (χ3v) is 7.00. The number of carbonyl (C=O) groups excluding carboxylic acids is 2. The largest absolute Gasteiger partial charge is 0.497 e. The van der Waals surface area contributed by atoms with Gasteiger partial charge < -0.3 is 18.6 Å². The number of amides is 2. The van der Waals surface area contributed by atoms with Crippen LogP contribution < -0.4 is 14.8 Å². The lowest BCUT2D eigenvalue weighted by Gasteiger charge is -2.10. The van der Waals surface area contributed by atoms with Crippen molar-refractivity contribution in [2.24, 2.45) is 7.05 Å². The summed E-state index contributed by atoms with van der Waals surface area (Å²) in [4.78, 5) is 26.4. The normalized spacial score (nSPS) is 13.1. The molecule has 0 saturated heterocycles. The maximum atomic E-state index is 13.2. The summed E-state index contributed by atoms with van der Waals surface area (Å²) in [6.07, 6.45) is 1.07. The van der Waals surface area contributed by atoms with Gasteiger partial charge in [0.05, 0.1) is 42.4 Å². The highest BCUT2D eigenvalue weighted by Crippen LogP contribution is 2.45. The molecule has 0 saturated carbocycles. The lowest BCUT2D eigenvalue weighted by atomic mass is 9.96. The van der Waals surface area contributed by atoms with E-state index in [0.717, 1.165) is 43.6 Å². The van der Waals surface area contributed by atoms with Gasteiger partial charge in [0.15, 0.2) is 0 Å². The van der Waals surface area contributed by atoms with Crippen molar-refractivity contribution < 1.29 is 19.1 Å². The van der Waals surface area contributed by atoms with Gasteiger partial charge >= 0.3 is 0 Å². The molecule has 0 spiro atoms. The Morgan fingerprint density at radius 1 is 0.886 bits per heavy atom. The van der Waals surface area contributed by atoms with Gasteiger partial charge in [-0.3, -0.25) is 14.9 Å². The second-order valence-corrected chi connectivity index (χ2v) is 8.72. The molecule has 8 heteroatoms. The summed E-state index contributed by atoms with van der Waals surface area (Å²) in [5.74, 6) is 0.521. The SMILES string of the molecule is COc1ccc2c(c1)c1c3c(c4c5cc(OC)ccc5n(CCCC#N)c4c1n2C)C(=O)NC3=O. The zero-order valence-electron chi connectivity index (χ0n) is 19.6. The number of unbranched alkanes of at least 4 members (excludes halogenated alkanes) is 1. The van der Waals surface area contributed by atoms with Crippen LogP contribution >= 0.6 is 0 Å². The molecule has 2 amide bonds. The average molecular weight is 466 g/mol. The quantitative estimate of drug-likeness (QED) is 0.300. The molecule has 3 heterocycles. The lowest BCUT2D eigenvalue weighted by molar-refractivity contribution is 0.0880. The number of carbonyl (C=O) groups is 2. The summed E-state index contributed by atoms with van der Waals surface area (Å²) < 4.78 is 15.2. The summed E-state index contributed by atoms with van der Waals surface area (Å²) in [6.45, 7) is 0.591. The van der Waals surface area contributed by atoms with Crippen molar-refractivity contribution in [3.05, 3.63) is 47.5 Å². The number of aryl methyl sites for hydroxylation is 2. The molecule has 35 heavy (non-hydrogen) atoms. The van der Waals surface area contributed by atoms with E-state index in [1.807, 2.05) is 43.4 Å². The Morgan fingerprint density at radius 3 is 2.06 bits per heavy atom. The van der Waals surface area contributed by atoms with Gasteiger partial charge in [0.1, 0.15) is 11.5 Å². The molecule has 174 valence electrons. The molecule has 6 rings (SSSR count). The second kappa shape index (κ2) is 7.50. The highest BCUT2D eigenvalue weighted by molar-refractivity contribution is 6.39. The number of fused-ring (bicyclic) bond motifs is 10. The van der Waals surface area contributed by atoms with E-state index < -0.39 is 11.8 Å². The molecule has 1 aliphatic heterocycles. The van der Waals surface area contributed by atoms with Gasteiger partial charge in [-0.15, -0.1) is 0 Å². The molecule has 0 radical (unpaired) electrons. The molecule has 0 aliphatic carbocycles. The van der Waals surface area contributed by atoms with Crippen molar-refractivity contribution in [3.63, 3.8) is 0 Å². The Labute approximate surface area is 200 Å². The molecule has 8 nitrogen and oxygen atoms in total. The van der Waals surface area contributed by atoms with Crippen molar-refractivity contribution >= 4 is 55.4 Å². The molecule has 2 aromatic heterocycles. The highest BCUT2D eigenvalue weighted by atomic mass is 16.5. The molecule has 0 atom stereocenters. The Kier molecular flexibility index (Phi) is 4.51. The number of nitriles is 1. The van der Waals surface area contributed by atoms with Crippen LogP contribution in [0.5, 0.6) is 11.5 Å². The molecule has 1 N–H and O–H groups in total. The molecular weight excluding hydrogens is 444 g/mol. The summed E-state index contributed by atoms with van der Waals surface area (Å²) in [5, 5.41) is 14.8. The fourth-order valence-electron chi connectivity index (χ4n) is 5.52. The van der Waals surface area contributed by atoms with Crippen LogP contribution in [0.1, 0.15) is 33.6 Å². The maximum absolute atomic E-state index is 13.2. The van der Waals surface area contributed by atoms with E-state index >= 15 is 0 Å². The predicted molar refractivity (Wildman–Crippen MR) is 133 cm³/mol. The summed E-state index contributed by atoms with van der Waals surface area (Å²) in [6, 6.07) is 13.7. The smallest absolute Gasteiger partial charge is 0.259 e. The topological polar surface area (TPSA) is 98.3 Å². The van der Waals surface area contributed by atoms with E-state index in [-0.39, 0.29) is 0 Å². The number of nitrogens with one attached hydrogen (secondary N) is 1. The van der Waals surface area contributed by atoms with Crippen LogP contribution in [-0.2, 0) is 13.6 Å². The zero-order chi connectivity index (χ0) is 24.4. The zero-order valence-corrected chi connectivity index (χ0v) is 19.6. The van der Waals surface area contributed by atoms with E-state index in [0.29, 0.717) is 42.0 Å². The van der Waals surface area contributed by atoms with Crippen LogP contribution in [0.15, 0.2) is 36.4 Å². The minimum atomic E-state index is -0.407. The van der Waals surface area contributed by atoms with Crippen LogP contribution in [-0.4, -0.2) is 35.2 Å². The number of rotatable bonds is 5. The Morgan fingerprint density at radius 2 is 1.46 bits per heavy atom. The molecular formula is C27H22N4O4. The number of benzene rings is 3. The maximum Gasteiger partial charge on any atom is 0.259 e. The number of aromatic nitrogens is 2. The third-order valence-electron chi connectivity index (χ3n) is 7.00. The summed E-state index contributed by atoms with van der Waals surface area (Å²) in [7, 11) is 5.17. The minimum Gasteiger partial charge on any atom is -0.497 e. The summed E-state index contributed by atoms with van der Waals surface area (Å²) >= 11 is 0. The van der Waals surface area contributed by atoms with E-state index in [1.165, 1.54) is 0 Å². The van der Waals surface area contributed by atoms with Crippen molar-refractivity contribution in [3.8, 4) is 17.6 Å². The number of nitrogens with zero attached hydrogens (tertiary/aromatic N) is 3. The van der Waals surface area contributed by atoms with Gasteiger partial charge in [-0.25, -0.2) is 0 Å². The van der Waals surface area contributed by atoms with E-state index in [1.54, 1.807) is 14.2 Å². The second-order valence-electron chi connectivity index (χ2n) is 8.72. The van der Waals surface area contributed by atoms with Gasteiger partial charge in [0, 0.05) is 52.6 Å². The van der Waals surface area contributed by atoms with Crippen molar-refractivity contribution in [1.29, 1.82) is 5.26 Å². The number of hydrogen-bond acceptors (Lipinski definition) is 5. The van der Waals surface area contributed by atoms with Gasteiger partial charge in [-0.2, -0.15) is 5.26 Å². The first-order valence-electron chi connectivity index (χ1n) is 11.3. The number of ether oxygens (including phenoxy) is 2. The molecule has 1 aliphatic rings. The van der Waals surface area contributed by atoms with Gasteiger partial charge in [-0.1, -0.05) is 0 Å². The van der Waals surface area contributed by atoms with E-state index in [2.05, 4.69) is 20.5 Å². The molecule has 5 aromatic rings. The first-order valence-corrected chi connectivity index (χ1v) is 11.3. The number of hydrogen-bond donors (Lipinski definition) is 1.